The van der Waals surface area contributed by atoms with Gasteiger partial charge in [-0.2, -0.15) is 0 Å². The molecule has 3 nitrogen and oxygen atoms in total. The largest absolute Gasteiger partial charge is 0.493 e. The van der Waals surface area contributed by atoms with Crippen molar-refractivity contribution >= 4 is 0 Å². The van der Waals surface area contributed by atoms with E-state index in [1.165, 1.54) is 24.0 Å². The zero-order valence-corrected chi connectivity index (χ0v) is 10.1. The Morgan fingerprint density at radius 1 is 1.29 bits per heavy atom. The van der Waals surface area contributed by atoms with Gasteiger partial charge in [0.15, 0.2) is 0 Å². The summed E-state index contributed by atoms with van der Waals surface area (Å²) in [5.74, 6) is 1.06. The van der Waals surface area contributed by atoms with E-state index < -0.39 is 0 Å². The fraction of sp³-hybridized carbons (Fsp3) is 0.571. The van der Waals surface area contributed by atoms with Crippen molar-refractivity contribution in [2.75, 3.05) is 19.8 Å². The van der Waals surface area contributed by atoms with Crippen LogP contribution >= 0.6 is 0 Å². The fourth-order valence-electron chi connectivity index (χ4n) is 2.51. The Balaban J connectivity index is 1.57. The summed E-state index contributed by atoms with van der Waals surface area (Å²) < 4.78 is 11.0. The Morgan fingerprint density at radius 2 is 2.29 bits per heavy atom. The molecule has 0 spiro atoms. The minimum absolute atomic E-state index is 0.522. The Hall–Kier alpha value is -1.06. The summed E-state index contributed by atoms with van der Waals surface area (Å²) in [5.41, 5.74) is 2.70. The van der Waals surface area contributed by atoms with E-state index in [2.05, 4.69) is 23.5 Å². The molecule has 0 aliphatic carbocycles. The van der Waals surface area contributed by atoms with E-state index in [0.717, 1.165) is 38.5 Å². The summed E-state index contributed by atoms with van der Waals surface area (Å²) in [6, 6.07) is 7.03. The van der Waals surface area contributed by atoms with Crippen LogP contribution in [0.25, 0.3) is 0 Å². The van der Waals surface area contributed by atoms with Crippen LogP contribution in [0, 0.1) is 0 Å². The lowest BCUT2D eigenvalue weighted by molar-refractivity contribution is 0.0699. The highest BCUT2D eigenvalue weighted by Gasteiger charge is 2.14. The summed E-state index contributed by atoms with van der Waals surface area (Å²) in [4.78, 5) is 0. The number of rotatable bonds is 3. The molecule has 1 fully saturated rings. The topological polar surface area (TPSA) is 30.5 Å². The van der Waals surface area contributed by atoms with Gasteiger partial charge in [0.25, 0.3) is 0 Å². The van der Waals surface area contributed by atoms with Gasteiger partial charge in [0.05, 0.1) is 13.2 Å². The van der Waals surface area contributed by atoms with Crippen LogP contribution in [0.1, 0.15) is 24.0 Å². The van der Waals surface area contributed by atoms with Gasteiger partial charge in [0, 0.05) is 25.6 Å². The first kappa shape index (κ1) is 11.1. The summed E-state index contributed by atoms with van der Waals surface area (Å²) >= 11 is 0. The molecule has 1 atom stereocenters. The van der Waals surface area contributed by atoms with Crippen molar-refractivity contribution in [3.8, 4) is 5.75 Å². The molecule has 1 saturated heterocycles. The third kappa shape index (κ3) is 2.61. The number of hydrogen-bond acceptors (Lipinski definition) is 3. The minimum Gasteiger partial charge on any atom is -0.493 e. The summed E-state index contributed by atoms with van der Waals surface area (Å²) in [7, 11) is 0. The van der Waals surface area contributed by atoms with Gasteiger partial charge < -0.3 is 14.8 Å². The molecule has 0 bridgehead atoms. The van der Waals surface area contributed by atoms with Crippen LogP contribution in [0.2, 0.25) is 0 Å². The first-order chi connectivity index (χ1) is 8.42. The van der Waals surface area contributed by atoms with E-state index in [9.17, 15) is 0 Å². The van der Waals surface area contributed by atoms with E-state index in [0.29, 0.717) is 6.04 Å². The highest BCUT2D eigenvalue weighted by Crippen LogP contribution is 2.25. The van der Waals surface area contributed by atoms with Crippen LogP contribution in [0.4, 0.5) is 0 Å². The SMILES string of the molecule is c1cc2c(cc1CNC1CCCOC1)CCO2. The van der Waals surface area contributed by atoms with Gasteiger partial charge in [-0.1, -0.05) is 12.1 Å². The third-order valence-electron chi connectivity index (χ3n) is 3.51. The number of ether oxygens (including phenoxy) is 2. The third-order valence-corrected chi connectivity index (χ3v) is 3.51. The number of hydrogen-bond donors (Lipinski definition) is 1. The lowest BCUT2D eigenvalue weighted by atomic mass is 10.1. The van der Waals surface area contributed by atoms with Crippen molar-refractivity contribution in [3.63, 3.8) is 0 Å². The smallest absolute Gasteiger partial charge is 0.122 e. The van der Waals surface area contributed by atoms with Crippen molar-refractivity contribution < 1.29 is 9.47 Å². The molecule has 17 heavy (non-hydrogen) atoms. The van der Waals surface area contributed by atoms with Crippen LogP contribution in [-0.2, 0) is 17.7 Å². The Labute approximate surface area is 102 Å². The van der Waals surface area contributed by atoms with Gasteiger partial charge in [0.2, 0.25) is 0 Å². The molecule has 0 radical (unpaired) electrons. The lowest BCUT2D eigenvalue weighted by Crippen LogP contribution is -2.36. The molecule has 1 unspecified atom stereocenters. The standard InChI is InChI=1S/C14H19NO2/c1-2-13(10-16-6-1)15-9-11-3-4-14-12(8-11)5-7-17-14/h3-4,8,13,15H,1-2,5-7,9-10H2. The Bertz CT molecular complexity index is 386. The second kappa shape index (κ2) is 5.07. The molecule has 2 heterocycles. The van der Waals surface area contributed by atoms with Crippen molar-refractivity contribution in [1.82, 2.24) is 5.32 Å². The van der Waals surface area contributed by atoms with Crippen LogP contribution in [0.15, 0.2) is 18.2 Å². The van der Waals surface area contributed by atoms with Crippen LogP contribution in [0.5, 0.6) is 5.75 Å². The molecule has 3 heteroatoms. The average molecular weight is 233 g/mol. The molecule has 0 amide bonds. The van der Waals surface area contributed by atoms with E-state index >= 15 is 0 Å². The van der Waals surface area contributed by atoms with E-state index in [4.69, 9.17) is 9.47 Å². The summed E-state index contributed by atoms with van der Waals surface area (Å²) in [6.45, 7) is 3.55. The number of nitrogens with one attached hydrogen (secondary N) is 1. The van der Waals surface area contributed by atoms with Crippen molar-refractivity contribution in [2.24, 2.45) is 0 Å². The minimum atomic E-state index is 0.522. The number of benzene rings is 1. The Morgan fingerprint density at radius 3 is 3.18 bits per heavy atom. The molecule has 1 N–H and O–H groups in total. The quantitative estimate of drug-likeness (QED) is 0.865. The number of fused-ring (bicyclic) bond motifs is 1. The molecule has 0 aromatic heterocycles. The van der Waals surface area contributed by atoms with Crippen molar-refractivity contribution in [1.29, 1.82) is 0 Å². The van der Waals surface area contributed by atoms with Crippen molar-refractivity contribution in [3.05, 3.63) is 29.3 Å². The van der Waals surface area contributed by atoms with E-state index in [-0.39, 0.29) is 0 Å². The molecule has 1 aromatic rings. The van der Waals surface area contributed by atoms with Crippen LogP contribution in [0.3, 0.4) is 0 Å². The second-order valence-corrected chi connectivity index (χ2v) is 4.84. The Kier molecular flexibility index (Phi) is 3.29. The van der Waals surface area contributed by atoms with Crippen molar-refractivity contribution in [2.45, 2.75) is 31.8 Å². The fourth-order valence-corrected chi connectivity index (χ4v) is 2.51. The van der Waals surface area contributed by atoms with E-state index in [1.807, 2.05) is 0 Å². The zero-order chi connectivity index (χ0) is 11.5. The van der Waals surface area contributed by atoms with Gasteiger partial charge in [-0.15, -0.1) is 0 Å². The van der Waals surface area contributed by atoms with Gasteiger partial charge in [-0.3, -0.25) is 0 Å². The predicted molar refractivity (Wildman–Crippen MR) is 66.3 cm³/mol. The first-order valence-corrected chi connectivity index (χ1v) is 6.47. The highest BCUT2D eigenvalue weighted by atomic mass is 16.5. The second-order valence-electron chi connectivity index (χ2n) is 4.84. The molecule has 3 rings (SSSR count). The predicted octanol–water partition coefficient (Wildman–Crippen LogP) is 1.89. The summed E-state index contributed by atoms with van der Waals surface area (Å²) in [6.07, 6.45) is 3.46. The van der Waals surface area contributed by atoms with E-state index in [1.54, 1.807) is 0 Å². The monoisotopic (exact) mass is 233 g/mol. The summed E-state index contributed by atoms with van der Waals surface area (Å²) in [5, 5.41) is 3.56. The van der Waals surface area contributed by atoms with Crippen LogP contribution < -0.4 is 10.1 Å². The maximum Gasteiger partial charge on any atom is 0.122 e. The molecular weight excluding hydrogens is 214 g/mol. The van der Waals surface area contributed by atoms with Gasteiger partial charge in [-0.25, -0.2) is 0 Å². The van der Waals surface area contributed by atoms with Crippen LogP contribution in [-0.4, -0.2) is 25.9 Å². The van der Waals surface area contributed by atoms with Gasteiger partial charge >= 0.3 is 0 Å². The normalized spacial score (nSPS) is 23.2. The average Bonchev–Trinajstić information content (AvgIpc) is 2.85. The molecule has 1 aromatic carbocycles. The molecule has 2 aliphatic heterocycles. The highest BCUT2D eigenvalue weighted by molar-refractivity contribution is 5.39. The first-order valence-electron chi connectivity index (χ1n) is 6.47. The maximum absolute atomic E-state index is 5.51. The lowest BCUT2D eigenvalue weighted by Gasteiger charge is -2.23. The van der Waals surface area contributed by atoms with Gasteiger partial charge in [-0.05, 0) is 30.0 Å². The molecular formula is C14H19NO2. The molecule has 0 saturated carbocycles. The van der Waals surface area contributed by atoms with Gasteiger partial charge in [0.1, 0.15) is 5.75 Å². The molecule has 2 aliphatic rings. The zero-order valence-electron chi connectivity index (χ0n) is 10.1. The maximum atomic E-state index is 5.51. The molecule has 92 valence electrons.